The molecule has 1 saturated heterocycles. The maximum atomic E-state index is 14.1. The van der Waals surface area contributed by atoms with E-state index in [1.165, 1.54) is 10.9 Å². The summed E-state index contributed by atoms with van der Waals surface area (Å²) in [6, 6.07) is 15.8. The molecule has 3 heterocycles. The zero-order valence-corrected chi connectivity index (χ0v) is 21.2. The maximum absolute atomic E-state index is 14.1. The Kier molecular flexibility index (Phi) is 7.34. The number of ether oxygens (including phenoxy) is 1. The Hall–Kier alpha value is -3.23. The molecular formula is C28H30FN3O3S. The molecule has 36 heavy (non-hydrogen) atoms. The molecular weight excluding hydrogens is 477 g/mol. The molecule has 0 saturated carbocycles. The molecule has 1 atom stereocenters. The van der Waals surface area contributed by atoms with Gasteiger partial charge < -0.3 is 14.5 Å². The van der Waals surface area contributed by atoms with Crippen LogP contribution >= 0.6 is 11.3 Å². The minimum Gasteiger partial charge on any atom is -0.497 e. The van der Waals surface area contributed by atoms with Crippen molar-refractivity contribution in [2.75, 3.05) is 46.4 Å². The molecule has 188 valence electrons. The first-order valence-electron chi connectivity index (χ1n) is 12.3. The number of carbonyl (C=O) groups excluding carboxylic acids is 2. The second-order valence-corrected chi connectivity index (χ2v) is 10.2. The predicted molar refractivity (Wildman–Crippen MR) is 138 cm³/mol. The van der Waals surface area contributed by atoms with Crippen LogP contribution in [0.25, 0.3) is 0 Å². The van der Waals surface area contributed by atoms with Gasteiger partial charge in [-0.3, -0.25) is 14.5 Å². The van der Waals surface area contributed by atoms with Gasteiger partial charge in [-0.2, -0.15) is 0 Å². The monoisotopic (exact) mass is 507 g/mol. The summed E-state index contributed by atoms with van der Waals surface area (Å²) in [7, 11) is 1.58. The predicted octanol–water partition coefficient (Wildman–Crippen LogP) is 4.22. The number of hydrogen-bond acceptors (Lipinski definition) is 5. The van der Waals surface area contributed by atoms with Crippen LogP contribution in [0.15, 0.2) is 60.0 Å². The zero-order chi connectivity index (χ0) is 25.1. The van der Waals surface area contributed by atoms with Crippen LogP contribution in [0.4, 0.5) is 4.39 Å². The fourth-order valence-electron chi connectivity index (χ4n) is 5.19. The molecule has 2 amide bonds. The lowest BCUT2D eigenvalue weighted by atomic mass is 9.93. The zero-order valence-electron chi connectivity index (χ0n) is 20.4. The van der Waals surface area contributed by atoms with Crippen molar-refractivity contribution in [3.8, 4) is 5.75 Å². The molecule has 0 unspecified atom stereocenters. The smallest absolute Gasteiger partial charge is 0.254 e. The maximum Gasteiger partial charge on any atom is 0.254 e. The van der Waals surface area contributed by atoms with Crippen LogP contribution in [-0.2, 0) is 11.2 Å². The van der Waals surface area contributed by atoms with Crippen molar-refractivity contribution in [1.82, 2.24) is 14.7 Å². The third-order valence-corrected chi connectivity index (χ3v) is 8.02. The average Bonchev–Trinajstić information content (AvgIpc) is 3.23. The summed E-state index contributed by atoms with van der Waals surface area (Å²) >= 11 is 1.72. The Bertz CT molecular complexity index is 1250. The summed E-state index contributed by atoms with van der Waals surface area (Å²) in [6.45, 7) is 3.21. The molecule has 5 rings (SSSR count). The van der Waals surface area contributed by atoms with E-state index in [-0.39, 0.29) is 30.2 Å². The number of carbonyl (C=O) groups is 2. The Morgan fingerprint density at radius 2 is 1.81 bits per heavy atom. The number of methoxy groups -OCH3 is 1. The van der Waals surface area contributed by atoms with Crippen molar-refractivity contribution in [2.24, 2.45) is 0 Å². The Labute approximate surface area is 214 Å². The number of thiophene rings is 1. The first kappa shape index (κ1) is 24.5. The van der Waals surface area contributed by atoms with Gasteiger partial charge in [-0.15, -0.1) is 11.3 Å². The number of halogens is 1. The van der Waals surface area contributed by atoms with Crippen LogP contribution < -0.4 is 4.74 Å². The Morgan fingerprint density at radius 1 is 1.00 bits per heavy atom. The number of nitrogens with zero attached hydrogens (tertiary/aromatic N) is 3. The average molecular weight is 508 g/mol. The van der Waals surface area contributed by atoms with E-state index < -0.39 is 0 Å². The standard InChI is InChI=1S/C28H30FN3O3S/c1-35-23-8-3-6-21(18-23)28(34)31-12-4-11-30(14-15-31)26(33)19-32-13-9-25-24(10-16-36-25)27(32)20-5-2-7-22(29)17-20/h2-3,5-8,10,16-18,27H,4,9,11-15,19H2,1H3/t27-/m0/s1. The summed E-state index contributed by atoms with van der Waals surface area (Å²) < 4.78 is 19.3. The summed E-state index contributed by atoms with van der Waals surface area (Å²) in [5, 5.41) is 2.07. The van der Waals surface area contributed by atoms with Crippen molar-refractivity contribution in [1.29, 1.82) is 0 Å². The summed E-state index contributed by atoms with van der Waals surface area (Å²) in [4.78, 5) is 33.6. The normalized spacial score (nSPS) is 18.4. The van der Waals surface area contributed by atoms with Crippen molar-refractivity contribution >= 4 is 23.2 Å². The molecule has 0 radical (unpaired) electrons. The van der Waals surface area contributed by atoms with Crippen LogP contribution in [-0.4, -0.2) is 72.9 Å². The summed E-state index contributed by atoms with van der Waals surface area (Å²) in [5.41, 5.74) is 2.62. The van der Waals surface area contributed by atoms with Crippen LogP contribution in [0.5, 0.6) is 5.75 Å². The fourth-order valence-corrected chi connectivity index (χ4v) is 6.09. The molecule has 3 aromatic rings. The van der Waals surface area contributed by atoms with E-state index in [2.05, 4.69) is 16.3 Å². The fraction of sp³-hybridized carbons (Fsp3) is 0.357. The van der Waals surface area contributed by atoms with Crippen molar-refractivity contribution < 1.29 is 18.7 Å². The topological polar surface area (TPSA) is 53.1 Å². The van der Waals surface area contributed by atoms with E-state index >= 15 is 0 Å². The highest BCUT2D eigenvalue weighted by Crippen LogP contribution is 2.37. The molecule has 1 aromatic heterocycles. The van der Waals surface area contributed by atoms with Gasteiger partial charge in [0.15, 0.2) is 0 Å². The van der Waals surface area contributed by atoms with Gasteiger partial charge in [0.2, 0.25) is 5.91 Å². The quantitative estimate of drug-likeness (QED) is 0.519. The van der Waals surface area contributed by atoms with E-state index in [0.717, 1.165) is 30.5 Å². The molecule has 0 aliphatic carbocycles. The SMILES string of the molecule is COc1cccc(C(=O)N2CCCN(C(=O)CN3CCc4sccc4[C@@H]3c3cccc(F)c3)CC2)c1. The number of benzene rings is 2. The molecule has 2 aliphatic rings. The number of fused-ring (bicyclic) bond motifs is 1. The van der Waals surface area contributed by atoms with E-state index in [9.17, 15) is 14.0 Å². The van der Waals surface area contributed by atoms with Crippen molar-refractivity contribution in [3.05, 3.63) is 87.4 Å². The van der Waals surface area contributed by atoms with Gasteiger partial charge >= 0.3 is 0 Å². The van der Waals surface area contributed by atoms with E-state index in [1.807, 2.05) is 28.0 Å². The largest absolute Gasteiger partial charge is 0.497 e. The lowest BCUT2D eigenvalue weighted by Gasteiger charge is -2.37. The minimum absolute atomic E-state index is 0.0459. The lowest BCUT2D eigenvalue weighted by Crippen LogP contribution is -2.45. The third kappa shape index (κ3) is 5.15. The molecule has 0 N–H and O–H groups in total. The highest BCUT2D eigenvalue weighted by atomic mass is 32.1. The minimum atomic E-state index is -0.269. The second kappa shape index (κ2) is 10.8. The molecule has 0 bridgehead atoms. The third-order valence-electron chi connectivity index (χ3n) is 7.02. The van der Waals surface area contributed by atoms with Crippen LogP contribution in [0.2, 0.25) is 0 Å². The van der Waals surface area contributed by atoms with Crippen LogP contribution in [0.1, 0.15) is 38.8 Å². The highest BCUT2D eigenvalue weighted by molar-refractivity contribution is 7.10. The Morgan fingerprint density at radius 3 is 2.64 bits per heavy atom. The van der Waals surface area contributed by atoms with Crippen molar-refractivity contribution in [3.63, 3.8) is 0 Å². The first-order chi connectivity index (χ1) is 17.5. The number of hydrogen-bond donors (Lipinski definition) is 0. The molecule has 8 heteroatoms. The first-order valence-corrected chi connectivity index (χ1v) is 13.2. The number of amides is 2. The van der Waals surface area contributed by atoms with E-state index in [0.29, 0.717) is 37.5 Å². The molecule has 6 nitrogen and oxygen atoms in total. The summed E-state index contributed by atoms with van der Waals surface area (Å²) in [6.07, 6.45) is 1.61. The molecule has 0 spiro atoms. The lowest BCUT2D eigenvalue weighted by molar-refractivity contribution is -0.132. The van der Waals surface area contributed by atoms with Gasteiger partial charge in [-0.25, -0.2) is 4.39 Å². The van der Waals surface area contributed by atoms with Gasteiger partial charge in [0.1, 0.15) is 11.6 Å². The van der Waals surface area contributed by atoms with Gasteiger partial charge in [-0.05, 0) is 65.7 Å². The van der Waals surface area contributed by atoms with E-state index in [4.69, 9.17) is 4.74 Å². The van der Waals surface area contributed by atoms with Crippen LogP contribution in [0, 0.1) is 5.82 Å². The van der Waals surface area contributed by atoms with E-state index in [1.54, 1.807) is 42.7 Å². The molecule has 2 aromatic carbocycles. The molecule has 1 fully saturated rings. The molecule has 2 aliphatic heterocycles. The second-order valence-electron chi connectivity index (χ2n) is 9.24. The Balaban J connectivity index is 1.27. The van der Waals surface area contributed by atoms with Gasteiger partial charge in [-0.1, -0.05) is 18.2 Å². The van der Waals surface area contributed by atoms with Gasteiger partial charge in [0.05, 0.1) is 19.7 Å². The van der Waals surface area contributed by atoms with Gasteiger partial charge in [0.25, 0.3) is 5.91 Å². The van der Waals surface area contributed by atoms with Crippen molar-refractivity contribution in [2.45, 2.75) is 18.9 Å². The van der Waals surface area contributed by atoms with Gasteiger partial charge in [0, 0.05) is 43.2 Å². The van der Waals surface area contributed by atoms with Crippen LogP contribution in [0.3, 0.4) is 0 Å². The highest BCUT2D eigenvalue weighted by Gasteiger charge is 2.32. The number of rotatable bonds is 5. The summed E-state index contributed by atoms with van der Waals surface area (Å²) in [5.74, 6) is 0.381.